The van der Waals surface area contributed by atoms with Gasteiger partial charge in [0.1, 0.15) is 0 Å². The lowest BCUT2D eigenvalue weighted by Crippen LogP contribution is -2.43. The molecule has 1 aromatic carbocycles. The zero-order valence-corrected chi connectivity index (χ0v) is 13.4. The third-order valence-electron chi connectivity index (χ3n) is 4.74. The molecule has 1 saturated heterocycles. The van der Waals surface area contributed by atoms with E-state index in [1.54, 1.807) is 17.2 Å². The third kappa shape index (κ3) is 2.80. The molecule has 6 nitrogen and oxygen atoms in total. The molecule has 2 aromatic rings. The summed E-state index contributed by atoms with van der Waals surface area (Å²) < 4.78 is 0. The van der Waals surface area contributed by atoms with Crippen molar-refractivity contribution < 1.29 is 14.7 Å². The van der Waals surface area contributed by atoms with Gasteiger partial charge in [0, 0.05) is 43.1 Å². The van der Waals surface area contributed by atoms with Crippen LogP contribution in [0.1, 0.15) is 28.3 Å². The van der Waals surface area contributed by atoms with Crippen molar-refractivity contribution in [2.45, 2.75) is 12.3 Å². The Balaban J connectivity index is 2.01. The number of hydrogen-bond donors (Lipinski definition) is 3. The molecule has 2 heterocycles. The summed E-state index contributed by atoms with van der Waals surface area (Å²) in [6.45, 7) is 4.68. The molecule has 126 valence electrons. The molecule has 0 aliphatic carbocycles. The van der Waals surface area contributed by atoms with Crippen molar-refractivity contribution >= 4 is 22.7 Å². The van der Waals surface area contributed by atoms with Crippen LogP contribution in [0.25, 0.3) is 10.9 Å². The van der Waals surface area contributed by atoms with Gasteiger partial charge in [-0.1, -0.05) is 12.6 Å². The molecule has 1 aromatic heterocycles. The lowest BCUT2D eigenvalue weighted by Gasteiger charge is -2.37. The molecule has 0 bridgehead atoms. The lowest BCUT2D eigenvalue weighted by atomic mass is 9.83. The number of piperidine rings is 1. The fourth-order valence-electron chi connectivity index (χ4n) is 3.61. The fourth-order valence-corrected chi connectivity index (χ4v) is 3.61. The van der Waals surface area contributed by atoms with E-state index in [1.807, 2.05) is 12.1 Å². The number of aliphatic hydroxyl groups excluding tert-OH is 1. The zero-order valence-electron chi connectivity index (χ0n) is 13.4. The van der Waals surface area contributed by atoms with Crippen LogP contribution in [0.2, 0.25) is 0 Å². The highest BCUT2D eigenvalue weighted by Crippen LogP contribution is 2.35. The second kappa shape index (κ2) is 6.49. The highest BCUT2D eigenvalue weighted by molar-refractivity contribution is 6.05. The molecule has 0 spiro atoms. The van der Waals surface area contributed by atoms with E-state index in [0.29, 0.717) is 24.2 Å². The van der Waals surface area contributed by atoms with E-state index in [-0.39, 0.29) is 24.3 Å². The second-order valence-corrected chi connectivity index (χ2v) is 6.26. The maximum Gasteiger partial charge on any atom is 0.250 e. The van der Waals surface area contributed by atoms with Gasteiger partial charge in [0.2, 0.25) is 5.91 Å². The van der Waals surface area contributed by atoms with Crippen LogP contribution in [0.4, 0.5) is 0 Å². The van der Waals surface area contributed by atoms with Crippen LogP contribution >= 0.6 is 0 Å². The van der Waals surface area contributed by atoms with E-state index >= 15 is 0 Å². The van der Waals surface area contributed by atoms with E-state index < -0.39 is 5.91 Å². The number of carbonyl (C=O) groups excluding carboxylic acids is 2. The summed E-state index contributed by atoms with van der Waals surface area (Å²) in [5.74, 6) is -0.496. The molecule has 1 fully saturated rings. The van der Waals surface area contributed by atoms with Gasteiger partial charge in [0.25, 0.3) is 5.91 Å². The first-order chi connectivity index (χ1) is 11.5. The van der Waals surface area contributed by atoms with Crippen LogP contribution in [-0.2, 0) is 4.79 Å². The Kier molecular flexibility index (Phi) is 4.40. The third-order valence-corrected chi connectivity index (χ3v) is 4.74. The first kappa shape index (κ1) is 16.3. The smallest absolute Gasteiger partial charge is 0.250 e. The first-order valence-corrected chi connectivity index (χ1v) is 7.97. The van der Waals surface area contributed by atoms with Gasteiger partial charge in [0.15, 0.2) is 0 Å². The van der Waals surface area contributed by atoms with Crippen LogP contribution < -0.4 is 5.73 Å². The Bertz CT molecular complexity index is 796. The topological polar surface area (TPSA) is 99.4 Å². The minimum Gasteiger partial charge on any atom is -0.396 e. The molecular weight excluding hydrogens is 306 g/mol. The SMILES string of the molecule is C=CC(=O)N1CC(CO)CC(c2ccc(C(N)=O)c3[nH]ccc23)C1. The van der Waals surface area contributed by atoms with Crippen LogP contribution in [0.5, 0.6) is 0 Å². The van der Waals surface area contributed by atoms with Crippen LogP contribution in [0.3, 0.4) is 0 Å². The van der Waals surface area contributed by atoms with Crippen molar-refractivity contribution in [3.8, 4) is 0 Å². The molecule has 0 radical (unpaired) electrons. The number of aliphatic hydroxyl groups is 1. The normalized spacial score (nSPS) is 21.0. The Morgan fingerprint density at radius 1 is 1.38 bits per heavy atom. The van der Waals surface area contributed by atoms with Crippen molar-refractivity contribution in [3.05, 3.63) is 48.2 Å². The predicted octanol–water partition coefficient (Wildman–Crippen LogP) is 1.38. The summed E-state index contributed by atoms with van der Waals surface area (Å²) in [5, 5.41) is 10.5. The average Bonchev–Trinajstić information content (AvgIpc) is 3.09. The number of carbonyl (C=O) groups is 2. The largest absolute Gasteiger partial charge is 0.396 e. The number of nitrogens with zero attached hydrogens (tertiary/aromatic N) is 1. The molecule has 24 heavy (non-hydrogen) atoms. The molecule has 3 rings (SSSR count). The van der Waals surface area contributed by atoms with Crippen LogP contribution in [-0.4, -0.2) is 46.5 Å². The van der Waals surface area contributed by atoms with Gasteiger partial charge in [-0.15, -0.1) is 0 Å². The van der Waals surface area contributed by atoms with E-state index in [4.69, 9.17) is 5.73 Å². The molecular formula is C18H21N3O3. The van der Waals surface area contributed by atoms with E-state index in [0.717, 1.165) is 17.4 Å². The summed E-state index contributed by atoms with van der Waals surface area (Å²) >= 11 is 0. The van der Waals surface area contributed by atoms with Crippen molar-refractivity contribution in [3.63, 3.8) is 0 Å². The van der Waals surface area contributed by atoms with E-state index in [1.165, 1.54) is 6.08 Å². The molecule has 1 aliphatic rings. The summed E-state index contributed by atoms with van der Waals surface area (Å²) in [7, 11) is 0. The van der Waals surface area contributed by atoms with Crippen molar-refractivity contribution in [1.82, 2.24) is 9.88 Å². The second-order valence-electron chi connectivity index (χ2n) is 6.26. The number of nitrogens with one attached hydrogen (secondary N) is 1. The number of benzene rings is 1. The predicted molar refractivity (Wildman–Crippen MR) is 91.5 cm³/mol. The molecule has 4 N–H and O–H groups in total. The zero-order chi connectivity index (χ0) is 17.3. The average molecular weight is 327 g/mol. The molecule has 2 atom stereocenters. The number of likely N-dealkylation sites (tertiary alicyclic amines) is 1. The summed E-state index contributed by atoms with van der Waals surface area (Å²) in [6.07, 6.45) is 3.87. The Morgan fingerprint density at radius 2 is 2.17 bits per heavy atom. The maximum atomic E-state index is 12.0. The number of nitrogens with two attached hydrogens (primary N) is 1. The number of primary amides is 1. The molecule has 1 aliphatic heterocycles. The minimum absolute atomic E-state index is 0.0254. The van der Waals surface area contributed by atoms with Crippen molar-refractivity contribution in [2.75, 3.05) is 19.7 Å². The van der Waals surface area contributed by atoms with Crippen LogP contribution in [0, 0.1) is 5.92 Å². The number of hydrogen-bond acceptors (Lipinski definition) is 3. The Morgan fingerprint density at radius 3 is 2.83 bits per heavy atom. The quantitative estimate of drug-likeness (QED) is 0.740. The number of aromatic amines is 1. The monoisotopic (exact) mass is 327 g/mol. The molecule has 0 saturated carbocycles. The van der Waals surface area contributed by atoms with Gasteiger partial charge < -0.3 is 20.7 Å². The highest BCUT2D eigenvalue weighted by Gasteiger charge is 2.31. The summed E-state index contributed by atoms with van der Waals surface area (Å²) in [6, 6.07) is 5.54. The lowest BCUT2D eigenvalue weighted by molar-refractivity contribution is -0.128. The first-order valence-electron chi connectivity index (χ1n) is 7.97. The molecule has 2 amide bonds. The standard InChI is InChI=1S/C18H21N3O3/c1-2-16(23)21-8-11(10-22)7-12(9-21)13-3-4-15(18(19)24)17-14(13)5-6-20-17/h2-6,11-12,20,22H,1,7-10H2,(H2,19,24). The van der Waals surface area contributed by atoms with Gasteiger partial charge in [-0.3, -0.25) is 9.59 Å². The van der Waals surface area contributed by atoms with Crippen LogP contribution in [0.15, 0.2) is 37.1 Å². The number of H-pyrrole nitrogens is 1. The van der Waals surface area contributed by atoms with Gasteiger partial charge >= 0.3 is 0 Å². The summed E-state index contributed by atoms with van der Waals surface area (Å²) in [4.78, 5) is 28.4. The minimum atomic E-state index is -0.477. The fraction of sp³-hybridized carbons (Fsp3) is 0.333. The number of rotatable bonds is 4. The van der Waals surface area contributed by atoms with Gasteiger partial charge in [0.05, 0.1) is 11.1 Å². The van der Waals surface area contributed by atoms with Gasteiger partial charge in [-0.2, -0.15) is 0 Å². The van der Waals surface area contributed by atoms with E-state index in [9.17, 15) is 14.7 Å². The Labute approximate surface area is 139 Å². The number of amides is 2. The molecule has 6 heteroatoms. The van der Waals surface area contributed by atoms with Gasteiger partial charge in [-0.25, -0.2) is 0 Å². The highest BCUT2D eigenvalue weighted by atomic mass is 16.3. The Hall–Kier alpha value is -2.60. The maximum absolute atomic E-state index is 12.0. The van der Waals surface area contributed by atoms with Crippen molar-refractivity contribution in [1.29, 1.82) is 0 Å². The number of aromatic nitrogens is 1. The summed E-state index contributed by atoms with van der Waals surface area (Å²) in [5.41, 5.74) is 7.65. The van der Waals surface area contributed by atoms with Crippen molar-refractivity contribution in [2.24, 2.45) is 11.7 Å². The van der Waals surface area contributed by atoms with E-state index in [2.05, 4.69) is 11.6 Å². The number of fused-ring (bicyclic) bond motifs is 1. The molecule has 2 unspecified atom stereocenters. The van der Waals surface area contributed by atoms with Gasteiger partial charge in [-0.05, 0) is 30.2 Å².